The van der Waals surface area contributed by atoms with Crippen LogP contribution in [0.2, 0.25) is 0 Å². The number of fused-ring (bicyclic) bond motifs is 1. The number of hydrogen-bond donors (Lipinski definition) is 1. The number of aryl methyl sites for hydroxylation is 1. The highest BCUT2D eigenvalue weighted by Crippen LogP contribution is 2.19. The molecule has 2 aromatic carbocycles. The summed E-state index contributed by atoms with van der Waals surface area (Å²) in [6.45, 7) is 4.14. The van der Waals surface area contributed by atoms with Gasteiger partial charge in [-0.1, -0.05) is 42.8 Å². The molecule has 3 heteroatoms. The maximum atomic E-state index is 12.6. The third-order valence-electron chi connectivity index (χ3n) is 4.10. The first-order valence-electron chi connectivity index (χ1n) is 7.88. The lowest BCUT2D eigenvalue weighted by Crippen LogP contribution is -2.28. The van der Waals surface area contributed by atoms with Crippen LogP contribution < -0.4 is 5.32 Å². The molecule has 1 N–H and O–H groups in total. The molecule has 1 atom stereocenters. The predicted octanol–water partition coefficient (Wildman–Crippen LogP) is 4.42. The fourth-order valence-electron chi connectivity index (χ4n) is 2.69. The van der Waals surface area contributed by atoms with Crippen molar-refractivity contribution in [1.82, 2.24) is 10.3 Å². The van der Waals surface area contributed by atoms with E-state index in [1.807, 2.05) is 24.3 Å². The van der Waals surface area contributed by atoms with E-state index in [2.05, 4.69) is 48.4 Å². The van der Waals surface area contributed by atoms with Gasteiger partial charge in [0.1, 0.15) is 0 Å². The van der Waals surface area contributed by atoms with Gasteiger partial charge in [-0.05, 0) is 42.5 Å². The molecule has 1 heterocycles. The van der Waals surface area contributed by atoms with Gasteiger partial charge in [-0.25, -0.2) is 0 Å². The molecule has 3 rings (SSSR count). The number of hydrogen-bond acceptors (Lipinski definition) is 2. The molecular weight excluding hydrogens is 284 g/mol. The molecule has 3 nitrogen and oxygen atoms in total. The Morgan fingerprint density at radius 1 is 1.09 bits per heavy atom. The highest BCUT2D eigenvalue weighted by atomic mass is 16.1. The molecule has 0 radical (unpaired) electrons. The van der Waals surface area contributed by atoms with Crippen LogP contribution in [0, 0.1) is 6.92 Å². The summed E-state index contributed by atoms with van der Waals surface area (Å²) in [6.07, 6.45) is 4.40. The zero-order valence-corrected chi connectivity index (χ0v) is 13.4. The van der Waals surface area contributed by atoms with Gasteiger partial charge in [0.15, 0.2) is 0 Å². The summed E-state index contributed by atoms with van der Waals surface area (Å²) in [6, 6.07) is 15.9. The fraction of sp³-hybridized carbons (Fsp3) is 0.200. The van der Waals surface area contributed by atoms with Gasteiger partial charge in [0.2, 0.25) is 0 Å². The van der Waals surface area contributed by atoms with E-state index in [-0.39, 0.29) is 11.9 Å². The number of benzene rings is 2. The number of pyridine rings is 1. The van der Waals surface area contributed by atoms with E-state index < -0.39 is 0 Å². The molecule has 23 heavy (non-hydrogen) atoms. The number of carbonyl (C=O) groups is 1. The summed E-state index contributed by atoms with van der Waals surface area (Å²) in [4.78, 5) is 16.7. The Hall–Kier alpha value is -2.68. The van der Waals surface area contributed by atoms with Crippen molar-refractivity contribution in [3.8, 4) is 0 Å². The van der Waals surface area contributed by atoms with E-state index in [4.69, 9.17) is 0 Å². The molecule has 1 amide bonds. The van der Waals surface area contributed by atoms with Crippen molar-refractivity contribution < 1.29 is 4.79 Å². The molecule has 0 aliphatic carbocycles. The minimum atomic E-state index is -0.0452. The van der Waals surface area contributed by atoms with Gasteiger partial charge in [-0.2, -0.15) is 0 Å². The van der Waals surface area contributed by atoms with Crippen molar-refractivity contribution in [2.24, 2.45) is 0 Å². The van der Waals surface area contributed by atoms with Crippen molar-refractivity contribution in [2.45, 2.75) is 26.3 Å². The van der Waals surface area contributed by atoms with Gasteiger partial charge in [0.05, 0.1) is 6.04 Å². The molecule has 3 aromatic rings. The Morgan fingerprint density at radius 2 is 1.87 bits per heavy atom. The van der Waals surface area contributed by atoms with Crippen LogP contribution in [0.15, 0.2) is 60.9 Å². The first-order chi connectivity index (χ1) is 11.2. The highest BCUT2D eigenvalue weighted by Gasteiger charge is 2.14. The van der Waals surface area contributed by atoms with E-state index in [0.29, 0.717) is 5.56 Å². The van der Waals surface area contributed by atoms with Crippen LogP contribution in [0.4, 0.5) is 0 Å². The van der Waals surface area contributed by atoms with E-state index >= 15 is 0 Å². The van der Waals surface area contributed by atoms with Crippen molar-refractivity contribution in [2.75, 3.05) is 0 Å². The van der Waals surface area contributed by atoms with Crippen LogP contribution in [0.3, 0.4) is 0 Å². The lowest BCUT2D eigenvalue weighted by atomic mass is 10.0. The Balaban J connectivity index is 1.82. The van der Waals surface area contributed by atoms with Crippen LogP contribution in [0.1, 0.15) is 40.9 Å². The summed E-state index contributed by atoms with van der Waals surface area (Å²) < 4.78 is 0. The number of aromatic nitrogens is 1. The molecule has 0 bridgehead atoms. The fourth-order valence-corrected chi connectivity index (χ4v) is 2.69. The molecule has 0 aliphatic heterocycles. The maximum Gasteiger partial charge on any atom is 0.251 e. The summed E-state index contributed by atoms with van der Waals surface area (Å²) in [5, 5.41) is 5.19. The largest absolute Gasteiger partial charge is 0.345 e. The zero-order valence-electron chi connectivity index (χ0n) is 13.4. The molecule has 0 aliphatic rings. The van der Waals surface area contributed by atoms with Crippen molar-refractivity contribution in [3.63, 3.8) is 0 Å². The van der Waals surface area contributed by atoms with Gasteiger partial charge >= 0.3 is 0 Å². The lowest BCUT2D eigenvalue weighted by Gasteiger charge is -2.18. The number of carbonyl (C=O) groups excluding carboxylic acids is 1. The van der Waals surface area contributed by atoms with Crippen LogP contribution >= 0.6 is 0 Å². The summed E-state index contributed by atoms with van der Waals surface area (Å²) in [5.41, 5.74) is 3.03. The standard InChI is InChI=1S/C20H20N2O/c1-3-19(15-6-4-14(2)5-7-15)22-20(23)17-8-9-18-13-21-11-10-16(18)12-17/h4-13,19H,3H2,1-2H3,(H,22,23). The molecule has 0 spiro atoms. The molecule has 1 aromatic heterocycles. The first kappa shape index (κ1) is 15.2. The second-order valence-corrected chi connectivity index (χ2v) is 5.78. The van der Waals surface area contributed by atoms with Gasteiger partial charge in [0, 0.05) is 23.3 Å². The lowest BCUT2D eigenvalue weighted by molar-refractivity contribution is 0.0935. The molecule has 0 saturated carbocycles. The number of nitrogens with one attached hydrogen (secondary N) is 1. The highest BCUT2D eigenvalue weighted by molar-refractivity contribution is 5.98. The summed E-state index contributed by atoms with van der Waals surface area (Å²) >= 11 is 0. The van der Waals surface area contributed by atoms with Crippen LogP contribution in [-0.2, 0) is 0 Å². The van der Waals surface area contributed by atoms with E-state index in [9.17, 15) is 4.79 Å². The quantitative estimate of drug-likeness (QED) is 0.775. The molecule has 116 valence electrons. The zero-order chi connectivity index (χ0) is 16.2. The predicted molar refractivity (Wildman–Crippen MR) is 93.4 cm³/mol. The average Bonchev–Trinajstić information content (AvgIpc) is 2.60. The Morgan fingerprint density at radius 3 is 2.61 bits per heavy atom. The molecule has 0 fully saturated rings. The smallest absolute Gasteiger partial charge is 0.251 e. The SMILES string of the molecule is CCC(NC(=O)c1ccc2cnccc2c1)c1ccc(C)cc1. The average molecular weight is 304 g/mol. The Bertz CT molecular complexity index is 824. The minimum Gasteiger partial charge on any atom is -0.345 e. The Labute approximate surface area is 136 Å². The van der Waals surface area contributed by atoms with Crippen LogP contribution in [0.5, 0.6) is 0 Å². The normalized spacial score (nSPS) is 12.1. The maximum absolute atomic E-state index is 12.6. The second kappa shape index (κ2) is 6.61. The monoisotopic (exact) mass is 304 g/mol. The minimum absolute atomic E-state index is 0.0243. The third-order valence-corrected chi connectivity index (χ3v) is 4.10. The van der Waals surface area contributed by atoms with Crippen molar-refractivity contribution >= 4 is 16.7 Å². The number of amides is 1. The topological polar surface area (TPSA) is 42.0 Å². The number of rotatable bonds is 4. The van der Waals surface area contributed by atoms with Crippen LogP contribution in [0.25, 0.3) is 10.8 Å². The summed E-state index contributed by atoms with van der Waals surface area (Å²) in [7, 11) is 0. The first-order valence-corrected chi connectivity index (χ1v) is 7.88. The Kier molecular flexibility index (Phi) is 4.38. The van der Waals surface area contributed by atoms with Gasteiger partial charge in [0.25, 0.3) is 5.91 Å². The third kappa shape index (κ3) is 3.39. The van der Waals surface area contributed by atoms with Gasteiger partial charge < -0.3 is 5.32 Å². The van der Waals surface area contributed by atoms with Crippen molar-refractivity contribution in [3.05, 3.63) is 77.6 Å². The van der Waals surface area contributed by atoms with Gasteiger partial charge in [-0.15, -0.1) is 0 Å². The van der Waals surface area contributed by atoms with Crippen molar-refractivity contribution in [1.29, 1.82) is 0 Å². The molecule has 0 saturated heterocycles. The molecule has 1 unspecified atom stereocenters. The van der Waals surface area contributed by atoms with Crippen LogP contribution in [-0.4, -0.2) is 10.9 Å². The second-order valence-electron chi connectivity index (χ2n) is 5.78. The van der Waals surface area contributed by atoms with E-state index in [1.165, 1.54) is 5.56 Å². The number of nitrogens with zero attached hydrogens (tertiary/aromatic N) is 1. The molecular formula is C20H20N2O. The summed E-state index contributed by atoms with van der Waals surface area (Å²) in [5.74, 6) is -0.0452. The van der Waals surface area contributed by atoms with E-state index in [0.717, 1.165) is 22.8 Å². The van der Waals surface area contributed by atoms with E-state index in [1.54, 1.807) is 12.4 Å². The van der Waals surface area contributed by atoms with Gasteiger partial charge in [-0.3, -0.25) is 9.78 Å².